The molecule has 1 fully saturated rings. The Balaban J connectivity index is 1.41. The molecule has 1 atom stereocenters. The Hall–Kier alpha value is -2.04. The molecule has 2 aromatic heterocycles. The van der Waals surface area contributed by atoms with Gasteiger partial charge in [-0.15, -0.1) is 0 Å². The molecule has 1 aliphatic carbocycles. The van der Waals surface area contributed by atoms with Gasteiger partial charge in [0.25, 0.3) is 0 Å². The maximum Gasteiger partial charge on any atom is 0.240 e. The lowest BCUT2D eigenvalue weighted by Gasteiger charge is -2.27. The van der Waals surface area contributed by atoms with Crippen molar-refractivity contribution < 1.29 is 8.42 Å². The number of rotatable bonds is 10. The zero-order chi connectivity index (χ0) is 21.9. The molecule has 2 N–H and O–H groups in total. The summed E-state index contributed by atoms with van der Waals surface area (Å²) < 4.78 is 31.0. The molecule has 1 unspecified atom stereocenters. The van der Waals surface area contributed by atoms with Gasteiger partial charge in [0.2, 0.25) is 10.0 Å². The molecule has 1 aliphatic rings. The first-order chi connectivity index (χ1) is 14.9. The number of aryl methyl sites for hydroxylation is 1. The van der Waals surface area contributed by atoms with Crippen LogP contribution < -0.4 is 10.0 Å². The highest BCUT2D eigenvalue weighted by molar-refractivity contribution is 7.89. The summed E-state index contributed by atoms with van der Waals surface area (Å²) in [5.41, 5.74) is 1.20. The van der Waals surface area contributed by atoms with Crippen LogP contribution in [0.1, 0.15) is 52.4 Å². The van der Waals surface area contributed by atoms with Crippen LogP contribution in [0, 0.1) is 5.41 Å². The molecule has 31 heavy (non-hydrogen) atoms. The Morgan fingerprint density at radius 3 is 2.81 bits per heavy atom. The van der Waals surface area contributed by atoms with Crippen LogP contribution in [0.25, 0.3) is 10.2 Å². The Bertz CT molecular complexity index is 1100. The first kappa shape index (κ1) is 22.2. The molecule has 10 heteroatoms. The van der Waals surface area contributed by atoms with E-state index in [1.54, 1.807) is 29.2 Å². The highest BCUT2D eigenvalue weighted by atomic mass is 32.2. The number of aromatic nitrogens is 4. The van der Waals surface area contributed by atoms with E-state index in [-0.39, 0.29) is 10.9 Å². The van der Waals surface area contributed by atoms with E-state index in [9.17, 15) is 8.42 Å². The molecule has 3 aromatic rings. The number of sulfonamides is 1. The summed E-state index contributed by atoms with van der Waals surface area (Å²) in [7, 11) is -3.61. The van der Waals surface area contributed by atoms with Gasteiger partial charge in [0, 0.05) is 19.1 Å². The maximum absolute atomic E-state index is 12.9. The number of fused-ring (bicyclic) bond motifs is 1. The molecule has 0 amide bonds. The molecule has 1 saturated carbocycles. The Kier molecular flexibility index (Phi) is 6.59. The van der Waals surface area contributed by atoms with Gasteiger partial charge in [-0.25, -0.2) is 23.1 Å². The average molecular weight is 463 g/mol. The molecule has 0 bridgehead atoms. The molecular formula is C21H30N6O2S2. The minimum Gasteiger partial charge on any atom is -0.361 e. The van der Waals surface area contributed by atoms with Crippen molar-refractivity contribution in [3.63, 3.8) is 0 Å². The van der Waals surface area contributed by atoms with Crippen molar-refractivity contribution in [1.82, 2.24) is 24.5 Å². The summed E-state index contributed by atoms with van der Waals surface area (Å²) in [4.78, 5) is 8.83. The number of thiazole rings is 1. The van der Waals surface area contributed by atoms with Crippen molar-refractivity contribution in [3.8, 4) is 0 Å². The second-order valence-electron chi connectivity index (χ2n) is 8.53. The van der Waals surface area contributed by atoms with Crippen LogP contribution in [0.15, 0.2) is 35.7 Å². The van der Waals surface area contributed by atoms with Gasteiger partial charge in [0.15, 0.2) is 5.13 Å². The summed E-state index contributed by atoms with van der Waals surface area (Å²) in [6.07, 6.45) is 10.0. The van der Waals surface area contributed by atoms with Crippen LogP contribution in [0.4, 0.5) is 5.13 Å². The zero-order valence-corrected chi connectivity index (χ0v) is 19.7. The summed E-state index contributed by atoms with van der Waals surface area (Å²) in [5.74, 6) is 0. The Labute approximate surface area is 187 Å². The quantitative estimate of drug-likeness (QED) is 0.472. The van der Waals surface area contributed by atoms with Crippen LogP contribution in [0.3, 0.4) is 0 Å². The summed E-state index contributed by atoms with van der Waals surface area (Å²) in [6, 6.07) is 4.91. The molecule has 0 radical (unpaired) electrons. The predicted octanol–water partition coefficient (Wildman–Crippen LogP) is 4.03. The standard InChI is InChI=1S/C21H30N6O2S2/c1-3-21(9-4-5-10-21)13-23-20-25-18-7-6-17(12-19(18)30-20)31(28,29)26-16(2)8-11-27-15-22-14-24-27/h6-7,12,14-16,26H,3-5,8-11,13H2,1-2H3,(H,23,25). The lowest BCUT2D eigenvalue weighted by atomic mass is 9.83. The van der Waals surface area contributed by atoms with Gasteiger partial charge in [-0.1, -0.05) is 31.1 Å². The number of hydrogen-bond donors (Lipinski definition) is 2. The summed E-state index contributed by atoms with van der Waals surface area (Å²) in [6.45, 7) is 5.65. The van der Waals surface area contributed by atoms with Crippen LogP contribution in [-0.2, 0) is 16.6 Å². The second-order valence-corrected chi connectivity index (χ2v) is 11.3. The largest absolute Gasteiger partial charge is 0.361 e. The van der Waals surface area contributed by atoms with Gasteiger partial charge in [0.1, 0.15) is 12.7 Å². The summed E-state index contributed by atoms with van der Waals surface area (Å²) in [5, 5.41) is 8.42. The Morgan fingerprint density at radius 1 is 1.29 bits per heavy atom. The second kappa shape index (κ2) is 9.22. The van der Waals surface area contributed by atoms with Gasteiger partial charge >= 0.3 is 0 Å². The van der Waals surface area contributed by atoms with Crippen molar-refractivity contribution in [2.24, 2.45) is 5.41 Å². The van der Waals surface area contributed by atoms with E-state index in [1.807, 2.05) is 6.92 Å². The van der Waals surface area contributed by atoms with Crippen LogP contribution in [0.5, 0.6) is 0 Å². The maximum atomic E-state index is 12.9. The molecule has 1 aromatic carbocycles. The van der Waals surface area contributed by atoms with E-state index in [4.69, 9.17) is 0 Å². The third-order valence-corrected chi connectivity index (χ3v) is 8.88. The highest BCUT2D eigenvalue weighted by Gasteiger charge is 2.31. The topological polar surface area (TPSA) is 102 Å². The molecule has 0 aliphatic heterocycles. The smallest absolute Gasteiger partial charge is 0.240 e. The molecular weight excluding hydrogens is 432 g/mol. The SMILES string of the molecule is CCC1(CNc2nc3ccc(S(=O)(=O)NC(C)CCn4cncn4)cc3s2)CCCC1. The van der Waals surface area contributed by atoms with Gasteiger partial charge in [-0.3, -0.25) is 4.68 Å². The van der Waals surface area contributed by atoms with Gasteiger partial charge in [0.05, 0.1) is 15.1 Å². The molecule has 168 valence electrons. The Morgan fingerprint density at radius 2 is 2.10 bits per heavy atom. The van der Waals surface area contributed by atoms with Crippen molar-refractivity contribution >= 4 is 36.7 Å². The van der Waals surface area contributed by atoms with Crippen LogP contribution in [0.2, 0.25) is 0 Å². The normalized spacial score (nSPS) is 17.2. The number of anilines is 1. The van der Waals surface area contributed by atoms with Crippen molar-refractivity contribution in [2.75, 3.05) is 11.9 Å². The first-order valence-corrected chi connectivity index (χ1v) is 13.2. The third-order valence-electron chi connectivity index (χ3n) is 6.31. The number of nitrogens with zero attached hydrogens (tertiary/aromatic N) is 4. The van der Waals surface area contributed by atoms with E-state index in [0.29, 0.717) is 18.4 Å². The van der Waals surface area contributed by atoms with E-state index in [2.05, 4.69) is 32.0 Å². The predicted molar refractivity (Wildman–Crippen MR) is 124 cm³/mol. The van der Waals surface area contributed by atoms with Gasteiger partial charge in [-0.05, 0) is 56.2 Å². The van der Waals surface area contributed by atoms with Crippen molar-refractivity contribution in [2.45, 2.75) is 69.9 Å². The van der Waals surface area contributed by atoms with Crippen molar-refractivity contribution in [1.29, 1.82) is 0 Å². The molecule has 0 spiro atoms. The van der Waals surface area contributed by atoms with E-state index < -0.39 is 10.0 Å². The van der Waals surface area contributed by atoms with Crippen LogP contribution in [-0.4, -0.2) is 40.8 Å². The fourth-order valence-corrected chi connectivity index (χ4v) is 6.54. The monoisotopic (exact) mass is 462 g/mol. The van der Waals surface area contributed by atoms with Crippen LogP contribution >= 0.6 is 11.3 Å². The fourth-order valence-electron chi connectivity index (χ4n) is 4.26. The molecule has 4 rings (SSSR count). The molecule has 8 nitrogen and oxygen atoms in total. The molecule has 0 saturated heterocycles. The van der Waals surface area contributed by atoms with Gasteiger partial charge in [-0.2, -0.15) is 5.10 Å². The highest BCUT2D eigenvalue weighted by Crippen LogP contribution is 2.41. The minimum absolute atomic E-state index is 0.222. The van der Waals surface area contributed by atoms with Gasteiger partial charge < -0.3 is 5.32 Å². The first-order valence-electron chi connectivity index (χ1n) is 10.9. The van der Waals surface area contributed by atoms with E-state index in [1.165, 1.54) is 49.8 Å². The number of hydrogen-bond acceptors (Lipinski definition) is 7. The zero-order valence-electron chi connectivity index (χ0n) is 18.0. The lowest BCUT2D eigenvalue weighted by molar-refractivity contribution is 0.307. The fraction of sp³-hybridized carbons (Fsp3) is 0.571. The third kappa shape index (κ3) is 5.24. The number of benzene rings is 1. The van der Waals surface area contributed by atoms with E-state index in [0.717, 1.165) is 21.9 Å². The summed E-state index contributed by atoms with van der Waals surface area (Å²) >= 11 is 1.51. The molecule has 2 heterocycles. The minimum atomic E-state index is -3.61. The van der Waals surface area contributed by atoms with E-state index >= 15 is 0 Å². The average Bonchev–Trinajstić information content (AvgIpc) is 3.51. The van der Waals surface area contributed by atoms with Crippen molar-refractivity contribution in [3.05, 3.63) is 30.9 Å². The number of nitrogens with one attached hydrogen (secondary N) is 2. The lowest BCUT2D eigenvalue weighted by Crippen LogP contribution is -2.33.